The highest BCUT2D eigenvalue weighted by Crippen LogP contribution is 2.16. The van der Waals surface area contributed by atoms with Crippen LogP contribution in [0.3, 0.4) is 0 Å². The molecule has 1 aromatic heterocycles. The van der Waals surface area contributed by atoms with Gasteiger partial charge in [0.05, 0.1) is 25.3 Å². The fourth-order valence-electron chi connectivity index (χ4n) is 2.24. The first-order chi connectivity index (χ1) is 11.5. The first-order valence-electron chi connectivity index (χ1n) is 7.71. The molecule has 0 saturated carbocycles. The lowest BCUT2D eigenvalue weighted by Gasteiger charge is -2.21. The van der Waals surface area contributed by atoms with Crippen LogP contribution in [0.5, 0.6) is 0 Å². The molecule has 0 fully saturated rings. The molecule has 128 valence electrons. The number of amides is 2. The second-order valence-corrected chi connectivity index (χ2v) is 5.74. The summed E-state index contributed by atoms with van der Waals surface area (Å²) < 4.78 is 4.55. The Hall–Kier alpha value is -2.83. The van der Waals surface area contributed by atoms with Gasteiger partial charge in [0.25, 0.3) is 0 Å². The Morgan fingerprint density at radius 1 is 1.25 bits per heavy atom. The molecule has 1 atom stereocenters. The first-order valence-corrected chi connectivity index (χ1v) is 7.71. The zero-order valence-corrected chi connectivity index (χ0v) is 14.0. The minimum Gasteiger partial charge on any atom is -0.453 e. The normalized spacial score (nSPS) is 11.8. The molecule has 2 aromatic rings. The van der Waals surface area contributed by atoms with E-state index in [4.69, 9.17) is 0 Å². The van der Waals surface area contributed by atoms with Gasteiger partial charge in [-0.2, -0.15) is 0 Å². The highest BCUT2D eigenvalue weighted by atomic mass is 16.5. The number of carbonyl (C=O) groups excluding carboxylic acids is 2. The topological polar surface area (TPSA) is 96.1 Å². The summed E-state index contributed by atoms with van der Waals surface area (Å²) in [5.74, 6) is -0.292. The molecule has 7 nitrogen and oxygen atoms in total. The van der Waals surface area contributed by atoms with E-state index in [1.54, 1.807) is 12.5 Å². The first kappa shape index (κ1) is 17.5. The smallest absolute Gasteiger partial charge is 0.407 e. The van der Waals surface area contributed by atoms with Crippen LogP contribution >= 0.6 is 0 Å². The van der Waals surface area contributed by atoms with E-state index in [-0.39, 0.29) is 11.8 Å². The molecule has 3 N–H and O–H groups in total. The van der Waals surface area contributed by atoms with Crippen molar-refractivity contribution in [1.82, 2.24) is 20.6 Å². The van der Waals surface area contributed by atoms with Crippen LogP contribution in [0.15, 0.2) is 36.8 Å². The van der Waals surface area contributed by atoms with Gasteiger partial charge in [-0.15, -0.1) is 0 Å². The second-order valence-electron chi connectivity index (χ2n) is 5.74. The Kier molecular flexibility index (Phi) is 5.95. The lowest BCUT2D eigenvalue weighted by molar-refractivity contribution is -0.124. The number of H-pyrrole nitrogens is 1. The quantitative estimate of drug-likeness (QED) is 0.755. The van der Waals surface area contributed by atoms with Crippen molar-refractivity contribution >= 4 is 12.0 Å². The molecule has 2 amide bonds. The number of carbonyl (C=O) groups is 2. The number of rotatable bonds is 6. The molecule has 0 aliphatic rings. The van der Waals surface area contributed by atoms with Crippen LogP contribution in [-0.4, -0.2) is 35.1 Å². The molecule has 0 spiro atoms. The number of benzene rings is 1. The Balaban J connectivity index is 1.93. The standard InChI is InChI=1S/C17H22N4O3/c1-11(2)15(21-17(23)24-3)16(22)19-8-12-4-6-13(7-5-12)14-9-18-10-20-14/h4-7,9-11,15H,8H2,1-3H3,(H,18,20)(H,19,22)(H,21,23)/t15-/m0/s1. The number of imidazole rings is 1. The lowest BCUT2D eigenvalue weighted by atomic mass is 10.0. The van der Waals surface area contributed by atoms with Crippen molar-refractivity contribution < 1.29 is 14.3 Å². The Bertz CT molecular complexity index is 666. The molecule has 7 heteroatoms. The summed E-state index contributed by atoms with van der Waals surface area (Å²) in [6, 6.07) is 7.16. The van der Waals surface area contributed by atoms with Crippen molar-refractivity contribution in [2.75, 3.05) is 7.11 Å². The lowest BCUT2D eigenvalue weighted by Crippen LogP contribution is -2.49. The van der Waals surface area contributed by atoms with Crippen LogP contribution < -0.4 is 10.6 Å². The molecule has 24 heavy (non-hydrogen) atoms. The van der Waals surface area contributed by atoms with Gasteiger partial charge < -0.3 is 20.4 Å². The number of hydrogen-bond acceptors (Lipinski definition) is 4. The maximum Gasteiger partial charge on any atom is 0.407 e. The van der Waals surface area contributed by atoms with E-state index in [2.05, 4.69) is 25.3 Å². The molecule has 2 rings (SSSR count). The summed E-state index contributed by atoms with van der Waals surface area (Å²) in [5, 5.41) is 5.38. The van der Waals surface area contributed by atoms with Gasteiger partial charge in [-0.25, -0.2) is 9.78 Å². The number of aromatic nitrogens is 2. The third-order valence-electron chi connectivity index (χ3n) is 3.64. The van der Waals surface area contributed by atoms with E-state index >= 15 is 0 Å². The van der Waals surface area contributed by atoms with E-state index in [1.807, 2.05) is 38.1 Å². The molecule has 1 aromatic carbocycles. The number of nitrogens with one attached hydrogen (secondary N) is 3. The van der Waals surface area contributed by atoms with E-state index in [9.17, 15) is 9.59 Å². The van der Waals surface area contributed by atoms with Gasteiger partial charge in [0.1, 0.15) is 6.04 Å². The molecule has 0 aliphatic carbocycles. The predicted molar refractivity (Wildman–Crippen MR) is 90.0 cm³/mol. The maximum atomic E-state index is 12.3. The predicted octanol–water partition coefficient (Wildman–Crippen LogP) is 2.07. The third kappa shape index (κ3) is 4.58. The van der Waals surface area contributed by atoms with Crippen molar-refractivity contribution in [3.63, 3.8) is 0 Å². The van der Waals surface area contributed by atoms with Gasteiger partial charge in [0, 0.05) is 6.54 Å². The fourth-order valence-corrected chi connectivity index (χ4v) is 2.24. The molecule has 0 bridgehead atoms. The SMILES string of the molecule is COC(=O)N[C@H](C(=O)NCc1ccc(-c2cnc[nH]2)cc1)C(C)C. The van der Waals surface area contributed by atoms with Gasteiger partial charge in [0.15, 0.2) is 0 Å². The number of alkyl carbamates (subject to hydrolysis) is 1. The van der Waals surface area contributed by atoms with Crippen LogP contribution in [-0.2, 0) is 16.1 Å². The van der Waals surface area contributed by atoms with Crippen molar-refractivity contribution in [3.05, 3.63) is 42.4 Å². The number of hydrogen-bond donors (Lipinski definition) is 3. The van der Waals surface area contributed by atoms with Crippen molar-refractivity contribution in [2.24, 2.45) is 5.92 Å². The Morgan fingerprint density at radius 3 is 2.50 bits per heavy atom. The molecular weight excluding hydrogens is 308 g/mol. The van der Waals surface area contributed by atoms with Crippen LogP contribution in [0, 0.1) is 5.92 Å². The maximum absolute atomic E-state index is 12.3. The average Bonchev–Trinajstić information content (AvgIpc) is 3.12. The minimum atomic E-state index is -0.637. The molecular formula is C17H22N4O3. The monoisotopic (exact) mass is 330 g/mol. The van der Waals surface area contributed by atoms with Gasteiger partial charge in [-0.05, 0) is 17.0 Å². The summed E-state index contributed by atoms with van der Waals surface area (Å²) in [5.41, 5.74) is 2.93. The highest BCUT2D eigenvalue weighted by Gasteiger charge is 2.24. The minimum absolute atomic E-state index is 0.0492. The van der Waals surface area contributed by atoms with Crippen LogP contribution in [0.25, 0.3) is 11.3 Å². The average molecular weight is 330 g/mol. The van der Waals surface area contributed by atoms with E-state index in [0.29, 0.717) is 6.54 Å². The summed E-state index contributed by atoms with van der Waals surface area (Å²) >= 11 is 0. The summed E-state index contributed by atoms with van der Waals surface area (Å²) in [4.78, 5) is 30.6. The third-order valence-corrected chi connectivity index (χ3v) is 3.64. The van der Waals surface area contributed by atoms with Gasteiger partial charge in [-0.3, -0.25) is 4.79 Å². The largest absolute Gasteiger partial charge is 0.453 e. The Labute approximate surface area is 140 Å². The fraction of sp³-hybridized carbons (Fsp3) is 0.353. The van der Waals surface area contributed by atoms with E-state index in [0.717, 1.165) is 16.8 Å². The van der Waals surface area contributed by atoms with Gasteiger partial charge in [-0.1, -0.05) is 38.1 Å². The van der Waals surface area contributed by atoms with Gasteiger partial charge >= 0.3 is 6.09 Å². The van der Waals surface area contributed by atoms with Crippen LogP contribution in [0.1, 0.15) is 19.4 Å². The molecule has 0 radical (unpaired) electrons. The van der Waals surface area contributed by atoms with Gasteiger partial charge in [0.2, 0.25) is 5.91 Å². The Morgan fingerprint density at radius 2 is 1.96 bits per heavy atom. The number of aromatic amines is 1. The number of nitrogens with zero attached hydrogens (tertiary/aromatic N) is 1. The summed E-state index contributed by atoms with van der Waals surface area (Å²) in [6.45, 7) is 4.10. The molecule has 0 aliphatic heterocycles. The molecule has 1 heterocycles. The summed E-state index contributed by atoms with van der Waals surface area (Å²) in [7, 11) is 1.27. The van der Waals surface area contributed by atoms with Crippen molar-refractivity contribution in [1.29, 1.82) is 0 Å². The van der Waals surface area contributed by atoms with Crippen molar-refractivity contribution in [3.8, 4) is 11.3 Å². The van der Waals surface area contributed by atoms with Crippen LogP contribution in [0.2, 0.25) is 0 Å². The number of methoxy groups -OCH3 is 1. The van der Waals surface area contributed by atoms with Crippen LogP contribution in [0.4, 0.5) is 4.79 Å². The molecule has 0 unspecified atom stereocenters. The zero-order chi connectivity index (χ0) is 17.5. The zero-order valence-electron chi connectivity index (χ0n) is 14.0. The summed E-state index contributed by atoms with van der Waals surface area (Å²) in [6.07, 6.45) is 2.76. The van der Waals surface area contributed by atoms with Crippen molar-refractivity contribution in [2.45, 2.75) is 26.4 Å². The molecule has 0 saturated heterocycles. The van der Waals surface area contributed by atoms with E-state index < -0.39 is 12.1 Å². The number of ether oxygens (including phenoxy) is 1. The second kappa shape index (κ2) is 8.14. The highest BCUT2D eigenvalue weighted by molar-refractivity contribution is 5.85. The van der Waals surface area contributed by atoms with E-state index in [1.165, 1.54) is 7.11 Å².